The number of rotatable bonds is 10. The molecule has 1 amide bonds. The molecule has 0 bridgehead atoms. The van der Waals surface area contributed by atoms with Crippen LogP contribution in [0.1, 0.15) is 44.7 Å². The van der Waals surface area contributed by atoms with Crippen molar-refractivity contribution in [2.45, 2.75) is 45.2 Å². The van der Waals surface area contributed by atoms with E-state index in [0.717, 1.165) is 19.4 Å². The summed E-state index contributed by atoms with van der Waals surface area (Å²) in [5.74, 6) is 0.000254. The molecule has 0 aliphatic rings. The zero-order chi connectivity index (χ0) is 17.2. The third-order valence-corrected chi connectivity index (χ3v) is 4.25. The molecular formula is C19H30N2O2. The summed E-state index contributed by atoms with van der Waals surface area (Å²) in [6.07, 6.45) is 4.36. The van der Waals surface area contributed by atoms with Crippen molar-refractivity contribution < 1.29 is 9.63 Å². The van der Waals surface area contributed by atoms with Crippen LogP contribution in [0.3, 0.4) is 0 Å². The minimum Gasteiger partial charge on any atom is -0.290 e. The van der Waals surface area contributed by atoms with Gasteiger partial charge in [0.25, 0.3) is 0 Å². The zero-order valence-corrected chi connectivity index (χ0v) is 14.9. The molecule has 0 heterocycles. The second-order valence-electron chi connectivity index (χ2n) is 5.79. The molecule has 0 aliphatic carbocycles. The van der Waals surface area contributed by atoms with Gasteiger partial charge in [-0.15, -0.1) is 6.58 Å². The number of carbonyl (C=O) groups excluding carboxylic acids is 1. The van der Waals surface area contributed by atoms with E-state index >= 15 is 0 Å². The van der Waals surface area contributed by atoms with Gasteiger partial charge in [-0.25, -0.2) is 5.06 Å². The topological polar surface area (TPSA) is 32.8 Å². The number of nitrogens with zero attached hydrogens (tertiary/aromatic N) is 2. The van der Waals surface area contributed by atoms with Crippen LogP contribution in [-0.2, 0) is 9.63 Å². The van der Waals surface area contributed by atoms with Crippen molar-refractivity contribution in [3.05, 3.63) is 48.6 Å². The van der Waals surface area contributed by atoms with Crippen LogP contribution in [0.5, 0.6) is 0 Å². The van der Waals surface area contributed by atoms with E-state index < -0.39 is 0 Å². The molecule has 0 spiro atoms. The minimum absolute atomic E-state index is 0.000254. The van der Waals surface area contributed by atoms with Gasteiger partial charge in [0.15, 0.2) is 0 Å². The molecule has 1 aromatic carbocycles. The van der Waals surface area contributed by atoms with Crippen LogP contribution in [0.15, 0.2) is 43.0 Å². The van der Waals surface area contributed by atoms with E-state index in [4.69, 9.17) is 4.84 Å². The van der Waals surface area contributed by atoms with Crippen molar-refractivity contribution in [3.8, 4) is 0 Å². The molecule has 0 saturated heterocycles. The Kier molecular flexibility index (Phi) is 8.59. The Labute approximate surface area is 140 Å². The zero-order valence-electron chi connectivity index (χ0n) is 14.9. The van der Waals surface area contributed by atoms with Crippen molar-refractivity contribution >= 4 is 5.91 Å². The summed E-state index contributed by atoms with van der Waals surface area (Å²) in [6, 6.07) is 10.8. The molecular weight excluding hydrogens is 288 g/mol. The fourth-order valence-corrected chi connectivity index (χ4v) is 2.85. The highest BCUT2D eigenvalue weighted by Gasteiger charge is 2.26. The van der Waals surface area contributed by atoms with Gasteiger partial charge >= 0.3 is 0 Å². The Morgan fingerprint density at radius 3 is 2.52 bits per heavy atom. The fraction of sp³-hybridized carbons (Fsp3) is 0.526. The largest absolute Gasteiger partial charge is 0.290 e. The molecule has 0 fully saturated rings. The molecule has 1 aromatic rings. The Bertz CT molecular complexity index is 476. The smallest absolute Gasteiger partial charge is 0.247 e. The summed E-state index contributed by atoms with van der Waals surface area (Å²) >= 11 is 0. The van der Waals surface area contributed by atoms with E-state index in [1.807, 2.05) is 12.1 Å². The van der Waals surface area contributed by atoms with Crippen LogP contribution in [0.4, 0.5) is 0 Å². The summed E-state index contributed by atoms with van der Waals surface area (Å²) < 4.78 is 0. The summed E-state index contributed by atoms with van der Waals surface area (Å²) in [6.45, 7) is 8.98. The third-order valence-electron chi connectivity index (χ3n) is 4.25. The third kappa shape index (κ3) is 5.81. The maximum Gasteiger partial charge on any atom is 0.247 e. The van der Waals surface area contributed by atoms with Gasteiger partial charge in [-0.2, -0.15) is 0 Å². The lowest BCUT2D eigenvalue weighted by Gasteiger charge is -2.36. The number of amides is 1. The maximum absolute atomic E-state index is 12.3. The minimum atomic E-state index is 0.000254. The molecule has 0 aliphatic heterocycles. The average molecular weight is 318 g/mol. The first kappa shape index (κ1) is 19.4. The van der Waals surface area contributed by atoms with Gasteiger partial charge in [-0.1, -0.05) is 49.8 Å². The van der Waals surface area contributed by atoms with Gasteiger partial charge in [-0.05, 0) is 18.9 Å². The van der Waals surface area contributed by atoms with Crippen LogP contribution < -0.4 is 0 Å². The highest BCUT2D eigenvalue weighted by molar-refractivity contribution is 5.75. The molecule has 0 radical (unpaired) electrons. The highest BCUT2D eigenvalue weighted by Crippen LogP contribution is 2.26. The Hall–Kier alpha value is -1.65. The molecule has 4 heteroatoms. The predicted octanol–water partition coefficient (Wildman–Crippen LogP) is 3.81. The molecule has 4 nitrogen and oxygen atoms in total. The van der Waals surface area contributed by atoms with Crippen LogP contribution >= 0.6 is 0 Å². The van der Waals surface area contributed by atoms with E-state index in [2.05, 4.69) is 49.6 Å². The molecule has 0 saturated carbocycles. The quantitative estimate of drug-likeness (QED) is 0.486. The summed E-state index contributed by atoms with van der Waals surface area (Å²) in [5, 5.41) is 1.31. The van der Waals surface area contributed by atoms with E-state index in [1.165, 1.54) is 17.7 Å². The van der Waals surface area contributed by atoms with E-state index in [0.29, 0.717) is 6.42 Å². The normalized spacial score (nSPS) is 13.6. The van der Waals surface area contributed by atoms with Crippen molar-refractivity contribution in [1.82, 2.24) is 9.96 Å². The van der Waals surface area contributed by atoms with Gasteiger partial charge in [0, 0.05) is 32.1 Å². The van der Waals surface area contributed by atoms with Gasteiger partial charge in [-0.3, -0.25) is 14.5 Å². The first-order valence-electron chi connectivity index (χ1n) is 8.27. The molecule has 0 unspecified atom stereocenters. The summed E-state index contributed by atoms with van der Waals surface area (Å²) in [4.78, 5) is 19.7. The van der Waals surface area contributed by atoms with Crippen LogP contribution in [0.2, 0.25) is 0 Å². The second-order valence-corrected chi connectivity index (χ2v) is 5.79. The second kappa shape index (κ2) is 10.2. The number of benzene rings is 1. The van der Waals surface area contributed by atoms with E-state index in [-0.39, 0.29) is 18.0 Å². The lowest BCUT2D eigenvalue weighted by Crippen LogP contribution is -2.41. The van der Waals surface area contributed by atoms with Gasteiger partial charge in [0.05, 0.1) is 7.11 Å². The number of hydrogen-bond acceptors (Lipinski definition) is 3. The lowest BCUT2D eigenvalue weighted by atomic mass is 10.00. The average Bonchev–Trinajstić information content (AvgIpc) is 2.58. The van der Waals surface area contributed by atoms with Crippen LogP contribution in [-0.4, -0.2) is 42.6 Å². The first-order chi connectivity index (χ1) is 11.0. The van der Waals surface area contributed by atoms with Gasteiger partial charge < -0.3 is 0 Å². The monoisotopic (exact) mass is 318 g/mol. The number of hydrogen-bond donors (Lipinski definition) is 0. The molecule has 0 aromatic heterocycles. The number of hydroxylamine groups is 2. The molecule has 0 N–H and O–H groups in total. The fourth-order valence-electron chi connectivity index (χ4n) is 2.85. The van der Waals surface area contributed by atoms with Crippen molar-refractivity contribution in [2.24, 2.45) is 0 Å². The Balaban J connectivity index is 2.96. The Morgan fingerprint density at radius 1 is 1.35 bits per heavy atom. The first-order valence-corrected chi connectivity index (χ1v) is 8.27. The van der Waals surface area contributed by atoms with Crippen molar-refractivity contribution in [3.63, 3.8) is 0 Å². The Morgan fingerprint density at radius 2 is 2.00 bits per heavy atom. The standard InChI is InChI=1S/C19H30N2O2/c1-6-11-18(15-19(22)20(4)23-5)21(14-7-2)16(3)17-12-9-8-10-13-17/h7-10,12-13,16,18H,2,6,11,14-15H2,1,3-5H3/t16-,18-/m0/s1. The van der Waals surface area contributed by atoms with Crippen molar-refractivity contribution in [2.75, 3.05) is 20.7 Å². The molecule has 2 atom stereocenters. The molecule has 1 rings (SSSR count). The maximum atomic E-state index is 12.3. The van der Waals surface area contributed by atoms with E-state index in [9.17, 15) is 4.79 Å². The molecule has 128 valence electrons. The number of carbonyl (C=O) groups is 1. The SMILES string of the molecule is C=CCN([C@@H](CCC)CC(=O)N(C)OC)[C@@H](C)c1ccccc1. The lowest BCUT2D eigenvalue weighted by molar-refractivity contribution is -0.170. The summed E-state index contributed by atoms with van der Waals surface area (Å²) in [5.41, 5.74) is 1.25. The summed E-state index contributed by atoms with van der Waals surface area (Å²) in [7, 11) is 3.17. The van der Waals surface area contributed by atoms with E-state index in [1.54, 1.807) is 7.05 Å². The van der Waals surface area contributed by atoms with Crippen LogP contribution in [0.25, 0.3) is 0 Å². The highest BCUT2D eigenvalue weighted by atomic mass is 16.7. The molecule has 23 heavy (non-hydrogen) atoms. The van der Waals surface area contributed by atoms with Crippen LogP contribution in [0, 0.1) is 0 Å². The predicted molar refractivity (Wildman–Crippen MR) is 94.9 cm³/mol. The van der Waals surface area contributed by atoms with Gasteiger partial charge in [0.1, 0.15) is 0 Å². The van der Waals surface area contributed by atoms with Crippen molar-refractivity contribution in [1.29, 1.82) is 0 Å². The van der Waals surface area contributed by atoms with Gasteiger partial charge in [0.2, 0.25) is 5.91 Å².